The summed E-state index contributed by atoms with van der Waals surface area (Å²) in [6, 6.07) is 13.7. The number of carbonyl (C=O) groups is 4. The minimum absolute atomic E-state index is 0.0981. The first-order valence-corrected chi connectivity index (χ1v) is 21.9. The number of aliphatic hydroxyl groups excluding tert-OH is 1. The van der Waals surface area contributed by atoms with E-state index in [0.717, 1.165) is 30.4 Å². The summed E-state index contributed by atoms with van der Waals surface area (Å²) in [7, 11) is -0.863. The van der Waals surface area contributed by atoms with Crippen LogP contribution in [0.25, 0.3) is 11.1 Å². The molecule has 9 atom stereocenters. The summed E-state index contributed by atoms with van der Waals surface area (Å²) in [5, 5.41) is 24.0. The maximum Gasteiger partial charge on any atom is 0.497 e. The van der Waals surface area contributed by atoms with Gasteiger partial charge in [0.05, 0.1) is 17.8 Å². The van der Waals surface area contributed by atoms with Crippen LogP contribution in [0.4, 0.5) is 0 Å². The zero-order valence-corrected chi connectivity index (χ0v) is 36.1. The van der Waals surface area contributed by atoms with Crippen molar-refractivity contribution in [3.05, 3.63) is 59.7 Å². The quantitative estimate of drug-likeness (QED) is 0.0446. The molecule has 4 fully saturated rings. The molecule has 2 aromatic rings. The average molecular weight is 833 g/mol. The highest BCUT2D eigenvalue weighted by Crippen LogP contribution is 2.65. The second-order valence-electron chi connectivity index (χ2n) is 17.8. The maximum atomic E-state index is 13.5. The number of amides is 4. The zero-order valence-electron chi connectivity index (χ0n) is 36.1. The Morgan fingerprint density at radius 1 is 0.850 bits per heavy atom. The van der Waals surface area contributed by atoms with Crippen LogP contribution in [0.3, 0.4) is 0 Å². The molecule has 2 bridgehead atoms. The molecule has 16 heteroatoms. The van der Waals surface area contributed by atoms with E-state index in [0.29, 0.717) is 50.7 Å². The van der Waals surface area contributed by atoms with Gasteiger partial charge in [-0.15, -0.1) is 0 Å². The molecule has 3 aliphatic carbocycles. The van der Waals surface area contributed by atoms with E-state index in [1.54, 1.807) is 0 Å². The van der Waals surface area contributed by atoms with Crippen molar-refractivity contribution in [2.45, 2.75) is 147 Å². The lowest BCUT2D eigenvalue weighted by Crippen LogP contribution is -2.65. The fourth-order valence-electron chi connectivity index (χ4n) is 9.03. The van der Waals surface area contributed by atoms with E-state index < -0.39 is 66.8 Å². The van der Waals surface area contributed by atoms with Crippen LogP contribution in [0.1, 0.15) is 104 Å². The summed E-state index contributed by atoms with van der Waals surface area (Å²) in [5.41, 5.74) is 22.6. The van der Waals surface area contributed by atoms with Gasteiger partial charge >= 0.3 is 7.12 Å². The number of benzene rings is 2. The molecule has 12 N–H and O–H groups in total. The van der Waals surface area contributed by atoms with Gasteiger partial charge in [-0.2, -0.15) is 0 Å². The lowest BCUT2D eigenvalue weighted by molar-refractivity contribution is -0.199. The largest absolute Gasteiger partial charge is 0.497 e. The summed E-state index contributed by atoms with van der Waals surface area (Å²) in [4.78, 5) is 52.7. The van der Waals surface area contributed by atoms with Crippen molar-refractivity contribution >= 4 is 30.7 Å². The third-order valence-corrected chi connectivity index (χ3v) is 13.0. The molecule has 0 radical (unpaired) electrons. The van der Waals surface area contributed by atoms with Crippen LogP contribution in [0.15, 0.2) is 48.5 Å². The van der Waals surface area contributed by atoms with E-state index in [-0.39, 0.29) is 24.4 Å². The van der Waals surface area contributed by atoms with E-state index >= 15 is 0 Å². The number of aliphatic hydroxyl groups is 1. The van der Waals surface area contributed by atoms with E-state index in [4.69, 9.17) is 26.5 Å². The van der Waals surface area contributed by atoms with Crippen LogP contribution in [-0.4, -0.2) is 91.1 Å². The average Bonchev–Trinajstić information content (AvgIpc) is 3.59. The first-order valence-electron chi connectivity index (χ1n) is 21.9. The fourth-order valence-corrected chi connectivity index (χ4v) is 9.03. The van der Waals surface area contributed by atoms with E-state index in [2.05, 4.69) is 103 Å². The molecule has 1 saturated heterocycles. The van der Waals surface area contributed by atoms with Gasteiger partial charge in [0.2, 0.25) is 17.7 Å². The Bertz CT molecular complexity index is 1750. The Morgan fingerprint density at radius 2 is 1.52 bits per heavy atom. The fraction of sp³-hybridized carbons (Fsp3) is 0.636. The van der Waals surface area contributed by atoms with E-state index in [1.165, 1.54) is 30.9 Å². The second kappa shape index (κ2) is 21.3. The van der Waals surface area contributed by atoms with Crippen molar-refractivity contribution in [2.75, 3.05) is 13.1 Å². The molecular formula is C44H69BN8O7. The summed E-state index contributed by atoms with van der Waals surface area (Å²) in [5.74, 6) is -1.85. The Labute approximate surface area is 355 Å². The monoisotopic (exact) mass is 833 g/mol. The van der Waals surface area contributed by atoms with Gasteiger partial charge < -0.3 is 58.2 Å². The van der Waals surface area contributed by atoms with Gasteiger partial charge in [-0.1, -0.05) is 75.7 Å². The lowest BCUT2D eigenvalue weighted by Gasteiger charge is -2.64. The summed E-state index contributed by atoms with van der Waals surface area (Å²) in [6.07, 6.45) is 4.33. The molecule has 3 saturated carbocycles. The Balaban J connectivity index is 1.03. The summed E-state index contributed by atoms with van der Waals surface area (Å²) in [6.45, 7) is 11.7. The van der Waals surface area contributed by atoms with Crippen molar-refractivity contribution in [3.8, 4) is 11.1 Å². The zero-order chi connectivity index (χ0) is 43.6. The normalized spacial score (nSPS) is 23.9. The highest BCUT2D eigenvalue weighted by atomic mass is 16.7. The second-order valence-corrected chi connectivity index (χ2v) is 17.8. The third kappa shape index (κ3) is 11.7. The Morgan fingerprint density at radius 3 is 2.13 bits per heavy atom. The van der Waals surface area contributed by atoms with Crippen molar-refractivity contribution in [3.63, 3.8) is 0 Å². The molecule has 2 aromatic carbocycles. The molecule has 1 aliphatic heterocycles. The molecule has 1 heterocycles. The van der Waals surface area contributed by atoms with Crippen LogP contribution in [0.2, 0.25) is 0 Å². The molecule has 60 heavy (non-hydrogen) atoms. The van der Waals surface area contributed by atoms with Crippen molar-refractivity contribution in [1.29, 1.82) is 0 Å². The third-order valence-electron chi connectivity index (χ3n) is 13.0. The number of rotatable bonds is 23. The number of unbranched alkanes of at least 4 members (excludes halogenated alkanes) is 2. The molecular weight excluding hydrogens is 763 g/mol. The van der Waals surface area contributed by atoms with Crippen molar-refractivity contribution in [2.24, 2.45) is 34.5 Å². The molecule has 6 rings (SSSR count). The molecule has 0 spiro atoms. The number of carbonyl (C=O) groups excluding carboxylic acids is 4. The Hall–Kier alpha value is -3.90. The number of aryl methyl sites for hydroxylation is 1. The van der Waals surface area contributed by atoms with E-state index in [9.17, 15) is 24.3 Å². The highest BCUT2D eigenvalue weighted by molar-refractivity contribution is 6.47. The van der Waals surface area contributed by atoms with Crippen LogP contribution in [0, 0.1) is 17.3 Å². The molecule has 4 aliphatic rings. The van der Waals surface area contributed by atoms with Crippen LogP contribution < -0.4 is 43.8 Å². The maximum absolute atomic E-state index is 13.5. The predicted molar refractivity (Wildman–Crippen MR) is 232 cm³/mol. The molecule has 330 valence electrons. The topological polar surface area (TPSA) is 245 Å². The molecule has 0 aromatic heterocycles. The number of hydrogen-bond donors (Lipinski definition) is 9. The first kappa shape index (κ1) is 47.2. The van der Waals surface area contributed by atoms with Crippen LogP contribution >= 0.6 is 0 Å². The highest BCUT2D eigenvalue weighted by Gasteiger charge is 2.68. The van der Waals surface area contributed by atoms with E-state index in [1.807, 2.05) is 0 Å². The van der Waals surface area contributed by atoms with Gasteiger partial charge in [-0.3, -0.25) is 19.2 Å². The van der Waals surface area contributed by atoms with Gasteiger partial charge in [-0.25, -0.2) is 0 Å². The molecule has 4 amide bonds. The van der Waals surface area contributed by atoms with Crippen molar-refractivity contribution < 1.29 is 33.6 Å². The van der Waals surface area contributed by atoms with Crippen LogP contribution in [0.5, 0.6) is 0 Å². The molecule has 15 nitrogen and oxygen atoms in total. The number of nitrogens with two attached hydrogens (primary N) is 3. The van der Waals surface area contributed by atoms with Gasteiger partial charge in [0.15, 0.2) is 6.17 Å². The van der Waals surface area contributed by atoms with Gasteiger partial charge in [-0.05, 0) is 118 Å². The van der Waals surface area contributed by atoms with Gasteiger partial charge in [0, 0.05) is 13.0 Å². The van der Waals surface area contributed by atoms with Crippen molar-refractivity contribution in [1.82, 2.24) is 26.6 Å². The standard InChI is InChI=1S/C44H69BN8O7/c1-6-7-11-28-14-18-30(19-15-28)31-20-16-29(17-21-31)26-49-23-10-13-36(55)51-37(27(2)54)40(57)52-38(47)41(58)50-33(12-8-9-22-46)39(56)53-42(48)45-59-35-25-32-24-34(43(32,3)4)44(35,5)60-45/h14-21,27,32-35,37-38,42,49,54H,6-13,22-26,46-48H2,1-5H3,(H,50,58)(H,51,55)(H,52,57)(H,53,56)/t27-,32+,33+,34+,35?,37+,38-,42-,44+/m1/s1. The minimum Gasteiger partial charge on any atom is -0.403 e. The smallest absolute Gasteiger partial charge is 0.403 e. The first-order chi connectivity index (χ1) is 28.6. The Kier molecular flexibility index (Phi) is 16.7. The number of nitrogens with one attached hydrogen (secondary N) is 5. The lowest BCUT2D eigenvalue weighted by atomic mass is 9.43. The number of hydrogen-bond acceptors (Lipinski definition) is 11. The summed E-state index contributed by atoms with van der Waals surface area (Å²) >= 11 is 0. The SMILES string of the molecule is CCCCc1ccc(-c2ccc(CNCCCC(=O)N[C@H](C(=O)N[C@@H](N)C(=O)N[C@@H](CCCCN)C(=O)N[C@@H](N)B3OC4C[C@@H]5C[C@@H](C5(C)C)[C@]4(C)O3)[C@@H](C)O)cc2)cc1. The van der Waals surface area contributed by atoms with Gasteiger partial charge in [0.1, 0.15) is 18.1 Å². The minimum atomic E-state index is -1.59. The molecule has 1 unspecified atom stereocenters. The van der Waals surface area contributed by atoms with Gasteiger partial charge in [0.25, 0.3) is 5.91 Å². The van der Waals surface area contributed by atoms with Crippen LogP contribution in [-0.2, 0) is 41.5 Å². The predicted octanol–water partition coefficient (Wildman–Crippen LogP) is 2.11. The summed E-state index contributed by atoms with van der Waals surface area (Å²) < 4.78 is 12.6.